The summed E-state index contributed by atoms with van der Waals surface area (Å²) in [5, 5.41) is 12.1. The van der Waals surface area contributed by atoms with Gasteiger partial charge in [-0.05, 0) is 82.3 Å². The highest BCUT2D eigenvalue weighted by Gasteiger charge is 2.41. The smallest absolute Gasteiger partial charge is 0.315 e. The molecule has 1 saturated heterocycles. The predicted molar refractivity (Wildman–Crippen MR) is 155 cm³/mol. The molecule has 0 aromatic heterocycles. The lowest BCUT2D eigenvalue weighted by Gasteiger charge is -2.42. The highest BCUT2D eigenvalue weighted by molar-refractivity contribution is 5.96. The van der Waals surface area contributed by atoms with Crippen LogP contribution in [0.4, 0.5) is 0 Å². The van der Waals surface area contributed by atoms with Crippen molar-refractivity contribution in [1.29, 1.82) is 0 Å². The van der Waals surface area contributed by atoms with Crippen LogP contribution in [0.1, 0.15) is 73.5 Å². The molecule has 5 heteroatoms. The number of piperidine rings is 1. The van der Waals surface area contributed by atoms with Gasteiger partial charge in [0.05, 0.1) is 12.0 Å². The third-order valence-electron chi connectivity index (χ3n) is 8.20. The molecule has 0 spiro atoms. The SMILES string of the molecule is CCOC(=O)C(C)(C)c1ccc(C(=O)CCCN2CCC(C(O)(c3ccccc3)c3ccccc3)CC2)cc1. The number of rotatable bonds is 11. The zero-order valence-electron chi connectivity index (χ0n) is 23.4. The molecule has 0 radical (unpaired) electrons. The summed E-state index contributed by atoms with van der Waals surface area (Å²) in [6.45, 7) is 8.49. The van der Waals surface area contributed by atoms with Crippen molar-refractivity contribution in [2.45, 2.75) is 57.5 Å². The molecule has 1 heterocycles. The van der Waals surface area contributed by atoms with Gasteiger partial charge in [-0.15, -0.1) is 0 Å². The molecule has 0 bridgehead atoms. The van der Waals surface area contributed by atoms with Crippen LogP contribution in [-0.4, -0.2) is 48.0 Å². The minimum Gasteiger partial charge on any atom is -0.465 e. The van der Waals surface area contributed by atoms with E-state index in [9.17, 15) is 14.7 Å². The van der Waals surface area contributed by atoms with Crippen LogP contribution in [0.15, 0.2) is 84.9 Å². The quantitative estimate of drug-likeness (QED) is 0.240. The average molecular weight is 528 g/mol. The Kier molecular flexibility index (Phi) is 9.36. The first kappa shape index (κ1) is 28.7. The van der Waals surface area contributed by atoms with Crippen molar-refractivity contribution in [3.8, 4) is 0 Å². The zero-order chi connectivity index (χ0) is 27.9. The Balaban J connectivity index is 1.30. The van der Waals surface area contributed by atoms with Gasteiger partial charge in [0, 0.05) is 12.0 Å². The molecule has 1 fully saturated rings. The summed E-state index contributed by atoms with van der Waals surface area (Å²) in [7, 11) is 0. The Labute approximate surface area is 232 Å². The van der Waals surface area contributed by atoms with Gasteiger partial charge in [0.25, 0.3) is 0 Å². The van der Waals surface area contributed by atoms with E-state index in [1.807, 2.05) is 98.8 Å². The van der Waals surface area contributed by atoms with Crippen LogP contribution in [0.2, 0.25) is 0 Å². The van der Waals surface area contributed by atoms with Gasteiger partial charge in [-0.25, -0.2) is 0 Å². The van der Waals surface area contributed by atoms with Crippen LogP contribution >= 0.6 is 0 Å². The number of esters is 1. The second kappa shape index (κ2) is 12.7. The summed E-state index contributed by atoms with van der Waals surface area (Å²) in [4.78, 5) is 27.5. The minimum atomic E-state index is -1.02. The largest absolute Gasteiger partial charge is 0.465 e. The highest BCUT2D eigenvalue weighted by Crippen LogP contribution is 2.41. The van der Waals surface area contributed by atoms with E-state index in [-0.39, 0.29) is 17.7 Å². The summed E-state index contributed by atoms with van der Waals surface area (Å²) in [6, 6.07) is 27.4. The second-order valence-corrected chi connectivity index (χ2v) is 11.1. The summed E-state index contributed by atoms with van der Waals surface area (Å²) in [6.07, 6.45) is 3.07. The molecule has 1 aliphatic rings. The van der Waals surface area contributed by atoms with Crippen molar-refractivity contribution >= 4 is 11.8 Å². The van der Waals surface area contributed by atoms with Gasteiger partial charge in [0.15, 0.2) is 5.78 Å². The molecule has 4 rings (SSSR count). The fourth-order valence-electron chi connectivity index (χ4n) is 5.71. The van der Waals surface area contributed by atoms with E-state index in [0.717, 1.165) is 55.6 Å². The molecular weight excluding hydrogens is 486 g/mol. The lowest BCUT2D eigenvalue weighted by molar-refractivity contribution is -0.148. The van der Waals surface area contributed by atoms with Gasteiger partial charge >= 0.3 is 5.97 Å². The number of ether oxygens (including phenoxy) is 1. The maximum absolute atomic E-state index is 12.8. The van der Waals surface area contributed by atoms with Gasteiger partial charge < -0.3 is 14.7 Å². The topological polar surface area (TPSA) is 66.8 Å². The second-order valence-electron chi connectivity index (χ2n) is 11.1. The third kappa shape index (κ3) is 6.48. The molecule has 0 atom stereocenters. The fourth-order valence-corrected chi connectivity index (χ4v) is 5.71. The molecule has 1 N–H and O–H groups in total. The standard InChI is InChI=1S/C34H41NO4/c1-4-39-32(37)33(2,3)27-19-17-26(18-20-27)31(36)16-11-23-35-24-21-30(22-25-35)34(38,28-12-7-5-8-13-28)29-14-9-6-10-15-29/h5-10,12-15,17-20,30,38H,4,11,16,21-25H2,1-3H3. The van der Waals surface area contributed by atoms with Gasteiger partial charge in [-0.3, -0.25) is 9.59 Å². The molecule has 39 heavy (non-hydrogen) atoms. The molecule has 0 saturated carbocycles. The zero-order valence-corrected chi connectivity index (χ0v) is 23.4. The normalized spacial score (nSPS) is 15.2. The predicted octanol–water partition coefficient (Wildman–Crippen LogP) is 6.14. The van der Waals surface area contributed by atoms with Crippen molar-refractivity contribution in [1.82, 2.24) is 4.90 Å². The van der Waals surface area contributed by atoms with Crippen molar-refractivity contribution in [3.63, 3.8) is 0 Å². The van der Waals surface area contributed by atoms with E-state index >= 15 is 0 Å². The number of likely N-dealkylation sites (tertiary alicyclic amines) is 1. The lowest BCUT2D eigenvalue weighted by atomic mass is 9.72. The molecule has 0 aliphatic carbocycles. The molecular formula is C34H41NO4. The van der Waals surface area contributed by atoms with E-state index in [2.05, 4.69) is 4.90 Å². The van der Waals surface area contributed by atoms with Crippen molar-refractivity contribution < 1.29 is 19.4 Å². The molecule has 0 amide bonds. The Morgan fingerprint density at radius 3 is 1.90 bits per heavy atom. The van der Waals surface area contributed by atoms with Crippen molar-refractivity contribution in [3.05, 3.63) is 107 Å². The molecule has 3 aromatic carbocycles. The van der Waals surface area contributed by atoms with Gasteiger partial charge in [0.2, 0.25) is 0 Å². The van der Waals surface area contributed by atoms with E-state index in [0.29, 0.717) is 18.6 Å². The first-order chi connectivity index (χ1) is 18.8. The number of benzene rings is 3. The molecule has 0 unspecified atom stereocenters. The van der Waals surface area contributed by atoms with Crippen LogP contribution in [0.3, 0.4) is 0 Å². The Bertz CT molecular complexity index is 1170. The molecule has 206 valence electrons. The number of Topliss-reactive ketones (excluding diaryl/α,β-unsaturated/α-hetero) is 1. The number of carbonyl (C=O) groups excluding carboxylic acids is 2. The third-order valence-corrected chi connectivity index (χ3v) is 8.20. The van der Waals surface area contributed by atoms with E-state index in [4.69, 9.17) is 4.74 Å². The molecule has 5 nitrogen and oxygen atoms in total. The molecule has 3 aromatic rings. The lowest BCUT2D eigenvalue weighted by Crippen LogP contribution is -2.44. The summed E-state index contributed by atoms with van der Waals surface area (Å²) in [5.74, 6) is -0.0238. The van der Waals surface area contributed by atoms with Crippen LogP contribution in [0, 0.1) is 5.92 Å². The minimum absolute atomic E-state index is 0.118. The number of nitrogens with zero attached hydrogens (tertiary/aromatic N) is 1. The first-order valence-electron chi connectivity index (χ1n) is 14.1. The number of aliphatic hydroxyl groups is 1. The number of hydrogen-bond acceptors (Lipinski definition) is 5. The Hall–Kier alpha value is -3.28. The van der Waals surface area contributed by atoms with Crippen LogP contribution in [0.5, 0.6) is 0 Å². The average Bonchev–Trinajstić information content (AvgIpc) is 2.98. The van der Waals surface area contributed by atoms with Crippen molar-refractivity contribution in [2.75, 3.05) is 26.2 Å². The summed E-state index contributed by atoms with van der Waals surface area (Å²) < 4.78 is 5.20. The van der Waals surface area contributed by atoms with Gasteiger partial charge in [-0.2, -0.15) is 0 Å². The fraction of sp³-hybridized carbons (Fsp3) is 0.412. The van der Waals surface area contributed by atoms with E-state index in [1.165, 1.54) is 0 Å². The first-order valence-corrected chi connectivity index (χ1v) is 14.1. The number of ketones is 1. The maximum atomic E-state index is 12.8. The summed E-state index contributed by atoms with van der Waals surface area (Å²) in [5.41, 5.74) is 1.63. The number of carbonyl (C=O) groups is 2. The van der Waals surface area contributed by atoms with Crippen molar-refractivity contribution in [2.24, 2.45) is 5.92 Å². The monoisotopic (exact) mass is 527 g/mol. The highest BCUT2D eigenvalue weighted by atomic mass is 16.5. The number of hydrogen-bond donors (Lipinski definition) is 1. The van der Waals surface area contributed by atoms with E-state index < -0.39 is 11.0 Å². The molecule has 1 aliphatic heterocycles. The van der Waals surface area contributed by atoms with Crippen LogP contribution in [0.25, 0.3) is 0 Å². The van der Waals surface area contributed by atoms with Crippen LogP contribution in [-0.2, 0) is 20.5 Å². The Morgan fingerprint density at radius 1 is 0.846 bits per heavy atom. The van der Waals surface area contributed by atoms with E-state index in [1.54, 1.807) is 6.92 Å². The summed E-state index contributed by atoms with van der Waals surface area (Å²) >= 11 is 0. The maximum Gasteiger partial charge on any atom is 0.315 e. The van der Waals surface area contributed by atoms with Gasteiger partial charge in [0.1, 0.15) is 5.60 Å². The Morgan fingerprint density at radius 2 is 1.38 bits per heavy atom. The van der Waals surface area contributed by atoms with Crippen LogP contribution < -0.4 is 0 Å². The van der Waals surface area contributed by atoms with Gasteiger partial charge in [-0.1, -0.05) is 84.9 Å².